The maximum atomic E-state index is 12.3. The maximum Gasteiger partial charge on any atom is 0.266 e. The Morgan fingerprint density at radius 1 is 1.08 bits per heavy atom. The van der Waals surface area contributed by atoms with Crippen molar-refractivity contribution in [3.8, 4) is 16.3 Å². The van der Waals surface area contributed by atoms with Crippen LogP contribution in [0.3, 0.4) is 0 Å². The Bertz CT molecular complexity index is 857. The highest BCUT2D eigenvalue weighted by Gasteiger charge is 2.17. The Kier molecular flexibility index (Phi) is 5.09. The van der Waals surface area contributed by atoms with Gasteiger partial charge in [-0.15, -0.1) is 10.2 Å². The first-order valence-corrected chi connectivity index (χ1v) is 8.77. The van der Waals surface area contributed by atoms with Crippen LogP contribution < -0.4 is 10.1 Å². The molecule has 6 heteroatoms. The number of rotatable bonds is 5. The van der Waals surface area contributed by atoms with Crippen molar-refractivity contribution < 1.29 is 9.53 Å². The molecule has 5 nitrogen and oxygen atoms in total. The van der Waals surface area contributed by atoms with Crippen molar-refractivity contribution in [3.63, 3.8) is 0 Å². The summed E-state index contributed by atoms with van der Waals surface area (Å²) in [7, 11) is 0. The van der Waals surface area contributed by atoms with E-state index in [-0.39, 0.29) is 5.91 Å². The minimum Gasteiger partial charge on any atom is -0.481 e. The van der Waals surface area contributed by atoms with Crippen LogP contribution in [-0.2, 0) is 4.79 Å². The third-order valence-corrected chi connectivity index (χ3v) is 4.44. The second-order valence-corrected chi connectivity index (χ2v) is 6.83. The van der Waals surface area contributed by atoms with Crippen molar-refractivity contribution in [3.05, 3.63) is 59.7 Å². The number of ether oxygens (including phenoxy) is 1. The van der Waals surface area contributed by atoms with Crippen LogP contribution in [0, 0.1) is 13.8 Å². The maximum absolute atomic E-state index is 12.3. The van der Waals surface area contributed by atoms with Gasteiger partial charge >= 0.3 is 0 Å². The average molecular weight is 353 g/mol. The largest absolute Gasteiger partial charge is 0.481 e. The molecule has 3 aromatic rings. The molecule has 0 saturated heterocycles. The SMILES string of the molecule is Cc1cc(C)cc(O[C@@H](C)C(=O)Nc2nnc(-c3ccccc3)s2)c1. The number of nitrogens with one attached hydrogen (secondary N) is 1. The van der Waals surface area contributed by atoms with Gasteiger partial charge in [0.05, 0.1) is 0 Å². The van der Waals surface area contributed by atoms with Gasteiger partial charge in [-0.2, -0.15) is 0 Å². The van der Waals surface area contributed by atoms with Gasteiger partial charge in [0.1, 0.15) is 10.8 Å². The number of amides is 1. The van der Waals surface area contributed by atoms with Crippen molar-refractivity contribution in [2.75, 3.05) is 5.32 Å². The molecule has 0 radical (unpaired) electrons. The number of carbonyl (C=O) groups is 1. The lowest BCUT2D eigenvalue weighted by Gasteiger charge is -2.14. The van der Waals surface area contributed by atoms with Crippen molar-refractivity contribution in [2.24, 2.45) is 0 Å². The van der Waals surface area contributed by atoms with E-state index in [1.807, 2.05) is 56.3 Å². The minimum absolute atomic E-state index is 0.255. The summed E-state index contributed by atoms with van der Waals surface area (Å²) in [6, 6.07) is 15.6. The van der Waals surface area contributed by atoms with E-state index in [0.717, 1.165) is 21.7 Å². The second kappa shape index (κ2) is 7.44. The molecule has 1 aromatic heterocycles. The number of benzene rings is 2. The van der Waals surface area contributed by atoms with Crippen LogP contribution >= 0.6 is 11.3 Å². The van der Waals surface area contributed by atoms with Crippen LogP contribution in [-0.4, -0.2) is 22.2 Å². The minimum atomic E-state index is -0.634. The second-order valence-electron chi connectivity index (χ2n) is 5.85. The molecule has 0 unspecified atom stereocenters. The van der Waals surface area contributed by atoms with E-state index in [2.05, 4.69) is 21.6 Å². The number of anilines is 1. The average Bonchev–Trinajstić information content (AvgIpc) is 3.03. The number of aryl methyl sites for hydroxylation is 2. The summed E-state index contributed by atoms with van der Waals surface area (Å²) >= 11 is 1.33. The lowest BCUT2D eigenvalue weighted by Crippen LogP contribution is -2.30. The van der Waals surface area contributed by atoms with Crippen LogP contribution in [0.15, 0.2) is 48.5 Å². The predicted octanol–water partition coefficient (Wildman–Crippen LogP) is 4.23. The molecule has 25 heavy (non-hydrogen) atoms. The zero-order valence-electron chi connectivity index (χ0n) is 14.3. The fourth-order valence-electron chi connectivity index (χ4n) is 2.44. The molecule has 0 saturated carbocycles. The first-order valence-electron chi connectivity index (χ1n) is 7.96. The molecule has 0 spiro atoms. The van der Waals surface area contributed by atoms with Crippen LogP contribution in [0.4, 0.5) is 5.13 Å². The van der Waals surface area contributed by atoms with E-state index in [1.165, 1.54) is 11.3 Å². The smallest absolute Gasteiger partial charge is 0.266 e. The predicted molar refractivity (Wildman–Crippen MR) is 100.0 cm³/mol. The van der Waals surface area contributed by atoms with Gasteiger partial charge in [-0.3, -0.25) is 10.1 Å². The fourth-order valence-corrected chi connectivity index (χ4v) is 3.19. The Morgan fingerprint density at radius 3 is 2.44 bits per heavy atom. The van der Waals surface area contributed by atoms with Gasteiger partial charge < -0.3 is 4.74 Å². The molecule has 0 aliphatic heterocycles. The molecule has 0 fully saturated rings. The molecule has 0 bridgehead atoms. The highest BCUT2D eigenvalue weighted by Crippen LogP contribution is 2.26. The van der Waals surface area contributed by atoms with Crippen LogP contribution in [0.5, 0.6) is 5.75 Å². The Morgan fingerprint density at radius 2 is 1.76 bits per heavy atom. The van der Waals surface area contributed by atoms with Gasteiger partial charge in [-0.1, -0.05) is 47.7 Å². The first kappa shape index (κ1) is 17.1. The standard InChI is InChI=1S/C19H19N3O2S/c1-12-9-13(2)11-16(10-12)24-14(3)17(23)20-19-22-21-18(25-19)15-7-5-4-6-8-15/h4-11,14H,1-3H3,(H,20,22,23)/t14-/m0/s1. The first-order chi connectivity index (χ1) is 12.0. The molecule has 0 aliphatic carbocycles. The molecule has 1 N–H and O–H groups in total. The van der Waals surface area contributed by atoms with Crippen molar-refractivity contribution in [1.29, 1.82) is 0 Å². The summed E-state index contributed by atoms with van der Waals surface area (Å²) in [6.45, 7) is 5.71. The molecular weight excluding hydrogens is 334 g/mol. The number of aromatic nitrogens is 2. The van der Waals surface area contributed by atoms with Crippen LogP contribution in [0.2, 0.25) is 0 Å². The normalized spacial score (nSPS) is 11.8. The lowest BCUT2D eigenvalue weighted by molar-refractivity contribution is -0.122. The fraction of sp³-hybridized carbons (Fsp3) is 0.211. The van der Waals surface area contributed by atoms with E-state index >= 15 is 0 Å². The summed E-state index contributed by atoms with van der Waals surface area (Å²) in [6.07, 6.45) is -0.634. The van der Waals surface area contributed by atoms with Gasteiger partial charge in [0, 0.05) is 5.56 Å². The zero-order valence-corrected chi connectivity index (χ0v) is 15.1. The lowest BCUT2D eigenvalue weighted by atomic mass is 10.1. The van der Waals surface area contributed by atoms with Crippen molar-refractivity contribution in [1.82, 2.24) is 10.2 Å². The number of hydrogen-bond acceptors (Lipinski definition) is 5. The van der Waals surface area contributed by atoms with Gasteiger partial charge in [-0.05, 0) is 44.0 Å². The molecule has 3 rings (SSSR count). The summed E-state index contributed by atoms with van der Waals surface area (Å²) in [5, 5.41) is 12.1. The van der Waals surface area contributed by atoms with Gasteiger partial charge in [0.2, 0.25) is 5.13 Å². The molecule has 0 aliphatic rings. The molecule has 1 atom stereocenters. The molecule has 1 heterocycles. The van der Waals surface area contributed by atoms with Crippen molar-refractivity contribution >= 4 is 22.4 Å². The van der Waals surface area contributed by atoms with Gasteiger partial charge in [0.25, 0.3) is 5.91 Å². The number of hydrogen-bond donors (Lipinski definition) is 1. The van der Waals surface area contributed by atoms with E-state index in [1.54, 1.807) is 6.92 Å². The van der Waals surface area contributed by atoms with Crippen LogP contribution in [0.25, 0.3) is 10.6 Å². The summed E-state index contributed by atoms with van der Waals surface area (Å²) in [5.74, 6) is 0.428. The van der Waals surface area contributed by atoms with Gasteiger partial charge in [0.15, 0.2) is 6.10 Å². The Labute approximate surface area is 150 Å². The summed E-state index contributed by atoms with van der Waals surface area (Å²) < 4.78 is 5.75. The zero-order chi connectivity index (χ0) is 17.8. The Balaban J connectivity index is 1.64. The quantitative estimate of drug-likeness (QED) is 0.745. The summed E-state index contributed by atoms with van der Waals surface area (Å²) in [5.41, 5.74) is 3.17. The van der Waals surface area contributed by atoms with E-state index in [4.69, 9.17) is 4.74 Å². The number of nitrogens with zero attached hydrogens (tertiary/aromatic N) is 2. The third kappa shape index (κ3) is 4.42. The van der Waals surface area contributed by atoms with E-state index in [9.17, 15) is 4.79 Å². The Hall–Kier alpha value is -2.73. The highest BCUT2D eigenvalue weighted by molar-refractivity contribution is 7.18. The monoisotopic (exact) mass is 353 g/mol. The van der Waals surface area contributed by atoms with Crippen molar-refractivity contribution in [2.45, 2.75) is 26.9 Å². The van der Waals surface area contributed by atoms with E-state index in [0.29, 0.717) is 10.9 Å². The topological polar surface area (TPSA) is 64.1 Å². The number of carbonyl (C=O) groups excluding carboxylic acids is 1. The highest BCUT2D eigenvalue weighted by atomic mass is 32.1. The third-order valence-electron chi connectivity index (χ3n) is 3.55. The van der Waals surface area contributed by atoms with E-state index < -0.39 is 6.10 Å². The molecule has 128 valence electrons. The molecule has 1 amide bonds. The van der Waals surface area contributed by atoms with Gasteiger partial charge in [-0.25, -0.2) is 0 Å². The van der Waals surface area contributed by atoms with Crippen LogP contribution in [0.1, 0.15) is 18.1 Å². The molecule has 2 aromatic carbocycles. The molecular formula is C19H19N3O2S. The summed E-state index contributed by atoms with van der Waals surface area (Å²) in [4.78, 5) is 12.3.